The summed E-state index contributed by atoms with van der Waals surface area (Å²) in [6, 6.07) is 13.2. The van der Waals surface area contributed by atoms with E-state index in [1.165, 1.54) is 0 Å². The monoisotopic (exact) mass is 427 g/mol. The summed E-state index contributed by atoms with van der Waals surface area (Å²) in [4.78, 5) is 42.6. The van der Waals surface area contributed by atoms with Crippen LogP contribution in [0.25, 0.3) is 0 Å². The maximum atomic E-state index is 13.2. The molecule has 0 radical (unpaired) electrons. The molecule has 1 aliphatic heterocycles. The molecule has 2 aromatic carbocycles. The van der Waals surface area contributed by atoms with Crippen molar-refractivity contribution in [3.63, 3.8) is 0 Å². The van der Waals surface area contributed by atoms with Crippen LogP contribution in [0.15, 0.2) is 53.5 Å². The normalized spacial score (nSPS) is 17.3. The zero-order valence-electron chi connectivity index (χ0n) is 15.5. The van der Waals surface area contributed by atoms with Crippen LogP contribution in [-0.2, 0) is 4.79 Å². The van der Waals surface area contributed by atoms with Crippen molar-refractivity contribution < 1.29 is 14.4 Å². The van der Waals surface area contributed by atoms with E-state index in [9.17, 15) is 14.4 Å². The van der Waals surface area contributed by atoms with Crippen LogP contribution in [0.5, 0.6) is 0 Å². The average molecular weight is 428 g/mol. The number of halogens is 1. The van der Waals surface area contributed by atoms with Gasteiger partial charge in [-0.2, -0.15) is 0 Å². The lowest BCUT2D eigenvalue weighted by atomic mass is 9.79. The Morgan fingerprint density at radius 3 is 2.31 bits per heavy atom. The highest BCUT2D eigenvalue weighted by Crippen LogP contribution is 2.26. The molecule has 0 spiro atoms. The van der Waals surface area contributed by atoms with E-state index in [1.807, 2.05) is 19.1 Å². The van der Waals surface area contributed by atoms with Crippen molar-refractivity contribution in [3.05, 3.63) is 70.2 Å². The van der Waals surface area contributed by atoms with Crippen molar-refractivity contribution in [2.45, 2.75) is 13.3 Å². The first kappa shape index (κ1) is 20.8. The highest BCUT2D eigenvalue weighted by molar-refractivity contribution is 7.80. The SMILES string of the molecule is Cc1ccc(C(=O)CC(C(=O)c2ccc(Cl)cc2)C2C(=O)NC(=S)N=C2N)cc1. The molecule has 6 nitrogen and oxygen atoms in total. The third-order valence-corrected chi connectivity index (χ3v) is 5.15. The number of carbonyl (C=O) groups excluding carboxylic acids is 3. The van der Waals surface area contributed by atoms with Crippen LogP contribution in [-0.4, -0.2) is 28.4 Å². The van der Waals surface area contributed by atoms with E-state index in [4.69, 9.17) is 29.6 Å². The molecule has 148 valence electrons. The maximum absolute atomic E-state index is 13.2. The molecule has 1 amide bonds. The Morgan fingerprint density at radius 1 is 1.14 bits per heavy atom. The van der Waals surface area contributed by atoms with Crippen LogP contribution in [0.2, 0.25) is 5.02 Å². The van der Waals surface area contributed by atoms with Gasteiger partial charge in [0.05, 0.1) is 0 Å². The Balaban J connectivity index is 1.97. The first-order valence-electron chi connectivity index (χ1n) is 8.85. The lowest BCUT2D eigenvalue weighted by Gasteiger charge is -2.27. The number of ketones is 2. The third kappa shape index (κ3) is 4.75. The predicted molar refractivity (Wildman–Crippen MR) is 115 cm³/mol. The summed E-state index contributed by atoms with van der Waals surface area (Å²) in [6.07, 6.45) is -0.203. The van der Waals surface area contributed by atoms with Gasteiger partial charge in [-0.3, -0.25) is 14.4 Å². The second kappa shape index (κ2) is 8.63. The fourth-order valence-electron chi connectivity index (χ4n) is 3.17. The minimum Gasteiger partial charge on any atom is -0.386 e. The maximum Gasteiger partial charge on any atom is 0.237 e. The molecule has 1 aliphatic rings. The number of rotatable bonds is 6. The minimum absolute atomic E-state index is 0.0636. The van der Waals surface area contributed by atoms with Gasteiger partial charge >= 0.3 is 0 Å². The van der Waals surface area contributed by atoms with Crippen LogP contribution in [0.1, 0.15) is 32.7 Å². The van der Waals surface area contributed by atoms with Crippen LogP contribution >= 0.6 is 23.8 Å². The highest BCUT2D eigenvalue weighted by atomic mass is 35.5. The number of Topliss-reactive ketones (excluding diaryl/α,β-unsaturated/α-hetero) is 2. The minimum atomic E-state index is -1.10. The molecule has 29 heavy (non-hydrogen) atoms. The largest absolute Gasteiger partial charge is 0.386 e. The number of hydrogen-bond acceptors (Lipinski definition) is 5. The van der Waals surface area contributed by atoms with Crippen molar-refractivity contribution in [2.75, 3.05) is 0 Å². The Labute approximate surface area is 178 Å². The molecular weight excluding hydrogens is 410 g/mol. The van der Waals surface area contributed by atoms with Crippen LogP contribution in [0.4, 0.5) is 0 Å². The van der Waals surface area contributed by atoms with E-state index < -0.39 is 23.5 Å². The number of hydrogen-bond donors (Lipinski definition) is 2. The Bertz CT molecular complexity index is 1020. The number of nitrogens with one attached hydrogen (secondary N) is 1. The number of aryl methyl sites for hydroxylation is 1. The van der Waals surface area contributed by atoms with Gasteiger partial charge in [0.25, 0.3) is 0 Å². The summed E-state index contributed by atoms with van der Waals surface area (Å²) in [7, 11) is 0. The van der Waals surface area contributed by atoms with Gasteiger partial charge in [-0.1, -0.05) is 41.4 Å². The number of amidine groups is 1. The van der Waals surface area contributed by atoms with Crippen molar-refractivity contribution >= 4 is 52.2 Å². The molecule has 0 aliphatic carbocycles. The summed E-state index contributed by atoms with van der Waals surface area (Å²) < 4.78 is 0. The lowest BCUT2D eigenvalue weighted by molar-refractivity contribution is -0.122. The summed E-state index contributed by atoms with van der Waals surface area (Å²) in [5, 5.41) is 2.82. The zero-order chi connectivity index (χ0) is 21.1. The molecular formula is C21H18ClN3O3S. The van der Waals surface area contributed by atoms with E-state index >= 15 is 0 Å². The Hall–Kier alpha value is -2.90. The van der Waals surface area contributed by atoms with E-state index in [0.717, 1.165) is 5.56 Å². The molecule has 1 heterocycles. The van der Waals surface area contributed by atoms with Crippen LogP contribution in [0.3, 0.4) is 0 Å². The topological polar surface area (TPSA) is 102 Å². The average Bonchev–Trinajstić information content (AvgIpc) is 2.67. The number of nitrogens with zero attached hydrogens (tertiary/aromatic N) is 1. The molecule has 0 saturated carbocycles. The van der Waals surface area contributed by atoms with Crippen molar-refractivity contribution in [3.8, 4) is 0 Å². The first-order chi connectivity index (χ1) is 13.8. The van der Waals surface area contributed by atoms with Crippen LogP contribution in [0, 0.1) is 18.8 Å². The molecule has 8 heteroatoms. The fraction of sp³-hybridized carbons (Fsp3) is 0.190. The lowest BCUT2D eigenvalue weighted by Crippen LogP contribution is -2.51. The van der Waals surface area contributed by atoms with Crippen molar-refractivity contribution in [1.82, 2.24) is 5.32 Å². The van der Waals surface area contributed by atoms with Gasteiger partial charge in [-0.05, 0) is 43.4 Å². The van der Waals surface area contributed by atoms with Gasteiger partial charge in [0, 0.05) is 28.5 Å². The summed E-state index contributed by atoms with van der Waals surface area (Å²) in [5.41, 5.74) is 7.73. The van der Waals surface area contributed by atoms with Crippen molar-refractivity contribution in [1.29, 1.82) is 0 Å². The predicted octanol–water partition coefficient (Wildman–Crippen LogP) is 3.11. The number of benzene rings is 2. The standard InChI is InChI=1S/C21H18ClN3O3S/c1-11-2-4-12(5-3-11)16(26)10-15(17-19(23)24-21(29)25-20(17)28)18(27)13-6-8-14(22)9-7-13/h2-9,15,17H,10H2,1H3,(H3,23,24,25,28,29). The number of carbonyl (C=O) groups is 3. The molecule has 0 aromatic heterocycles. The van der Waals surface area contributed by atoms with Crippen molar-refractivity contribution in [2.24, 2.45) is 22.6 Å². The van der Waals surface area contributed by atoms with Gasteiger partial charge in [-0.15, -0.1) is 0 Å². The van der Waals surface area contributed by atoms with Gasteiger partial charge < -0.3 is 11.1 Å². The Morgan fingerprint density at radius 2 is 1.72 bits per heavy atom. The molecule has 2 atom stereocenters. The van der Waals surface area contributed by atoms with E-state index in [1.54, 1.807) is 36.4 Å². The van der Waals surface area contributed by atoms with Gasteiger partial charge in [-0.25, -0.2) is 4.99 Å². The zero-order valence-corrected chi connectivity index (χ0v) is 17.1. The quantitative estimate of drug-likeness (QED) is 0.544. The fourth-order valence-corrected chi connectivity index (χ4v) is 3.50. The molecule has 0 bridgehead atoms. The van der Waals surface area contributed by atoms with E-state index in [2.05, 4.69) is 10.3 Å². The molecule has 3 rings (SSSR count). The van der Waals surface area contributed by atoms with Gasteiger partial charge in [0.1, 0.15) is 11.8 Å². The summed E-state index contributed by atoms with van der Waals surface area (Å²) >= 11 is 10.8. The number of aliphatic imine (C=N–C) groups is 1. The van der Waals surface area contributed by atoms with E-state index in [0.29, 0.717) is 16.1 Å². The van der Waals surface area contributed by atoms with E-state index in [-0.39, 0.29) is 23.2 Å². The molecule has 0 fully saturated rings. The summed E-state index contributed by atoms with van der Waals surface area (Å²) in [5.74, 6) is -3.43. The molecule has 3 N–H and O–H groups in total. The second-order valence-electron chi connectivity index (χ2n) is 6.78. The summed E-state index contributed by atoms with van der Waals surface area (Å²) in [6.45, 7) is 1.91. The smallest absolute Gasteiger partial charge is 0.237 e. The highest BCUT2D eigenvalue weighted by Gasteiger charge is 2.40. The van der Waals surface area contributed by atoms with Gasteiger partial charge in [0.15, 0.2) is 11.6 Å². The van der Waals surface area contributed by atoms with Gasteiger partial charge in [0.2, 0.25) is 11.0 Å². The van der Waals surface area contributed by atoms with Crippen LogP contribution < -0.4 is 11.1 Å². The number of thiocarbonyl (C=S) groups is 1. The second-order valence-corrected chi connectivity index (χ2v) is 7.60. The Kier molecular flexibility index (Phi) is 6.20. The molecule has 0 saturated heterocycles. The molecule has 2 unspecified atom stereocenters. The third-order valence-electron chi connectivity index (χ3n) is 4.71. The number of nitrogens with two attached hydrogens (primary N) is 1. The number of amides is 1. The first-order valence-corrected chi connectivity index (χ1v) is 9.63. The molecule has 2 aromatic rings.